The van der Waals surface area contributed by atoms with Crippen LogP contribution in [0.5, 0.6) is 11.5 Å². The summed E-state index contributed by atoms with van der Waals surface area (Å²) < 4.78 is 37.3. The lowest BCUT2D eigenvalue weighted by Gasteiger charge is -2.32. The topological polar surface area (TPSA) is 105 Å². The van der Waals surface area contributed by atoms with Crippen LogP contribution < -0.4 is 19.1 Å². The van der Waals surface area contributed by atoms with Gasteiger partial charge in [-0.1, -0.05) is 25.1 Å². The molecule has 0 aliphatic carbocycles. The largest absolute Gasteiger partial charge is 0.497 e. The van der Waals surface area contributed by atoms with Crippen molar-refractivity contribution in [2.45, 2.75) is 52.7 Å². The summed E-state index contributed by atoms with van der Waals surface area (Å²) >= 11 is 0. The zero-order valence-corrected chi connectivity index (χ0v) is 22.9. The highest BCUT2D eigenvalue weighted by molar-refractivity contribution is 7.92. The molecule has 0 saturated carbocycles. The maximum absolute atomic E-state index is 13.7. The predicted octanol–water partition coefficient (Wildman–Crippen LogP) is 3.11. The van der Waals surface area contributed by atoms with Gasteiger partial charge in [0.15, 0.2) is 0 Å². The van der Waals surface area contributed by atoms with Crippen molar-refractivity contribution in [3.05, 3.63) is 53.6 Å². The first-order valence-electron chi connectivity index (χ1n) is 11.8. The summed E-state index contributed by atoms with van der Waals surface area (Å²) in [6.45, 7) is 6.88. The van der Waals surface area contributed by atoms with E-state index in [9.17, 15) is 18.0 Å². The van der Waals surface area contributed by atoms with Gasteiger partial charge in [0, 0.05) is 12.6 Å². The fourth-order valence-corrected chi connectivity index (χ4v) is 4.45. The number of carbonyl (C=O) groups is 2. The van der Waals surface area contributed by atoms with Crippen LogP contribution >= 0.6 is 0 Å². The average Bonchev–Trinajstić information content (AvgIpc) is 2.84. The smallest absolute Gasteiger partial charge is 0.244 e. The fourth-order valence-electron chi connectivity index (χ4n) is 3.61. The SMILES string of the molecule is CCC(C)NC(=O)C(C)N(Cc1cccc(OC)c1)C(=O)CN(c1cc(C)ccc1OC)S(C)(=O)=O. The normalized spacial score (nSPS) is 12.9. The number of hydrogen-bond donors (Lipinski definition) is 1. The van der Waals surface area contributed by atoms with Crippen LogP contribution in [0.25, 0.3) is 0 Å². The van der Waals surface area contributed by atoms with Crippen LogP contribution in [0.3, 0.4) is 0 Å². The number of anilines is 1. The number of nitrogens with zero attached hydrogens (tertiary/aromatic N) is 2. The second kappa shape index (κ2) is 12.6. The zero-order chi connectivity index (χ0) is 27.0. The molecule has 2 unspecified atom stereocenters. The van der Waals surface area contributed by atoms with Crippen molar-refractivity contribution in [2.24, 2.45) is 0 Å². The molecule has 2 aromatic carbocycles. The van der Waals surface area contributed by atoms with Gasteiger partial charge in [0.1, 0.15) is 24.1 Å². The molecule has 0 aliphatic rings. The molecule has 0 bridgehead atoms. The number of carbonyl (C=O) groups excluding carboxylic acids is 2. The molecule has 0 aromatic heterocycles. The number of hydrogen-bond acceptors (Lipinski definition) is 6. The van der Waals surface area contributed by atoms with Gasteiger partial charge in [-0.2, -0.15) is 0 Å². The van der Waals surface area contributed by atoms with Gasteiger partial charge in [-0.15, -0.1) is 0 Å². The second-order valence-corrected chi connectivity index (χ2v) is 10.7. The molecule has 0 fully saturated rings. The predicted molar refractivity (Wildman–Crippen MR) is 141 cm³/mol. The number of nitrogens with one attached hydrogen (secondary N) is 1. The summed E-state index contributed by atoms with van der Waals surface area (Å²) in [4.78, 5) is 28.1. The van der Waals surface area contributed by atoms with E-state index in [4.69, 9.17) is 9.47 Å². The van der Waals surface area contributed by atoms with E-state index in [1.807, 2.05) is 26.8 Å². The molecule has 2 rings (SSSR count). The Labute approximate surface area is 214 Å². The Morgan fingerprint density at radius 3 is 2.33 bits per heavy atom. The van der Waals surface area contributed by atoms with Gasteiger partial charge in [0.2, 0.25) is 21.8 Å². The van der Waals surface area contributed by atoms with Gasteiger partial charge in [-0.05, 0) is 62.6 Å². The number of sulfonamides is 1. The Hall–Kier alpha value is -3.27. The first-order valence-corrected chi connectivity index (χ1v) is 13.6. The third kappa shape index (κ3) is 7.61. The molecule has 0 saturated heterocycles. The summed E-state index contributed by atoms with van der Waals surface area (Å²) in [6.07, 6.45) is 1.77. The number of benzene rings is 2. The third-order valence-corrected chi connectivity index (χ3v) is 7.06. The first-order chi connectivity index (χ1) is 16.9. The van der Waals surface area contributed by atoms with E-state index in [0.717, 1.165) is 28.1 Å². The van der Waals surface area contributed by atoms with Crippen LogP contribution in [0, 0.1) is 6.92 Å². The number of ether oxygens (including phenoxy) is 2. The summed E-state index contributed by atoms with van der Waals surface area (Å²) in [5, 5.41) is 2.90. The Bertz CT molecular complexity index is 1170. The molecule has 2 atom stereocenters. The van der Waals surface area contributed by atoms with E-state index < -0.39 is 28.5 Å². The minimum absolute atomic E-state index is 0.0715. The highest BCUT2D eigenvalue weighted by atomic mass is 32.2. The minimum atomic E-state index is -3.86. The number of methoxy groups -OCH3 is 2. The number of aryl methyl sites for hydroxylation is 1. The molecule has 198 valence electrons. The van der Waals surface area contributed by atoms with E-state index >= 15 is 0 Å². The lowest BCUT2D eigenvalue weighted by Crippen LogP contribution is -2.52. The van der Waals surface area contributed by atoms with Crippen LogP contribution in [-0.4, -0.2) is 64.2 Å². The van der Waals surface area contributed by atoms with E-state index in [0.29, 0.717) is 11.5 Å². The molecule has 10 heteroatoms. The van der Waals surface area contributed by atoms with Crippen molar-refractivity contribution >= 4 is 27.5 Å². The van der Waals surface area contributed by atoms with E-state index in [2.05, 4.69) is 5.32 Å². The van der Waals surface area contributed by atoms with Crippen LogP contribution in [0.1, 0.15) is 38.3 Å². The van der Waals surface area contributed by atoms with Gasteiger partial charge in [-0.25, -0.2) is 8.42 Å². The van der Waals surface area contributed by atoms with Crippen molar-refractivity contribution in [1.82, 2.24) is 10.2 Å². The summed E-state index contributed by atoms with van der Waals surface area (Å²) in [5.41, 5.74) is 1.80. The Kier molecular flexibility index (Phi) is 10.2. The Morgan fingerprint density at radius 2 is 1.75 bits per heavy atom. The Morgan fingerprint density at radius 1 is 1.06 bits per heavy atom. The quantitative estimate of drug-likeness (QED) is 0.462. The standard InChI is InChI=1S/C26H37N3O6S/c1-8-19(3)27-26(31)20(4)28(16-21-10-9-11-22(15-21)34-5)25(30)17-29(36(7,32)33)23-14-18(2)12-13-24(23)35-6/h9-15,19-20H,8,16-17H2,1-7H3,(H,27,31). The lowest BCUT2D eigenvalue weighted by atomic mass is 10.1. The highest BCUT2D eigenvalue weighted by Crippen LogP contribution is 2.31. The second-order valence-electron chi connectivity index (χ2n) is 8.81. The van der Waals surface area contributed by atoms with Gasteiger partial charge >= 0.3 is 0 Å². The van der Waals surface area contributed by atoms with Crippen LogP contribution in [0.4, 0.5) is 5.69 Å². The van der Waals surface area contributed by atoms with Gasteiger partial charge < -0.3 is 19.7 Å². The highest BCUT2D eigenvalue weighted by Gasteiger charge is 2.31. The fraction of sp³-hybridized carbons (Fsp3) is 0.462. The molecule has 0 spiro atoms. The van der Waals surface area contributed by atoms with Gasteiger partial charge in [0.05, 0.1) is 26.2 Å². The molecule has 2 amide bonds. The van der Waals surface area contributed by atoms with E-state index in [1.54, 1.807) is 50.4 Å². The molecule has 9 nitrogen and oxygen atoms in total. The average molecular weight is 520 g/mol. The monoisotopic (exact) mass is 519 g/mol. The molecule has 2 aromatic rings. The van der Waals surface area contributed by atoms with Crippen LogP contribution in [-0.2, 0) is 26.2 Å². The molecule has 0 heterocycles. The van der Waals surface area contributed by atoms with E-state index in [1.165, 1.54) is 12.0 Å². The van der Waals surface area contributed by atoms with Crippen molar-refractivity contribution in [2.75, 3.05) is 31.3 Å². The Balaban J connectivity index is 2.47. The molecular weight excluding hydrogens is 482 g/mol. The third-order valence-electron chi connectivity index (χ3n) is 5.94. The molecule has 0 aliphatic heterocycles. The van der Waals surface area contributed by atoms with Crippen molar-refractivity contribution in [1.29, 1.82) is 0 Å². The van der Waals surface area contributed by atoms with Crippen LogP contribution in [0.15, 0.2) is 42.5 Å². The molecule has 36 heavy (non-hydrogen) atoms. The summed E-state index contributed by atoms with van der Waals surface area (Å²) in [6, 6.07) is 11.3. The number of amides is 2. The molecule has 0 radical (unpaired) electrons. The molecular formula is C26H37N3O6S. The molecule has 1 N–H and O–H groups in total. The van der Waals surface area contributed by atoms with Crippen molar-refractivity contribution in [3.63, 3.8) is 0 Å². The first kappa shape index (κ1) is 29.0. The van der Waals surface area contributed by atoms with Gasteiger partial charge in [-0.3, -0.25) is 13.9 Å². The maximum atomic E-state index is 13.7. The maximum Gasteiger partial charge on any atom is 0.244 e. The minimum Gasteiger partial charge on any atom is -0.497 e. The van der Waals surface area contributed by atoms with Crippen molar-refractivity contribution < 1.29 is 27.5 Å². The summed E-state index contributed by atoms with van der Waals surface area (Å²) in [5.74, 6) is 0.0813. The zero-order valence-electron chi connectivity index (χ0n) is 22.1. The van der Waals surface area contributed by atoms with Crippen molar-refractivity contribution in [3.8, 4) is 11.5 Å². The lowest BCUT2D eigenvalue weighted by molar-refractivity contribution is -0.139. The van der Waals surface area contributed by atoms with Crippen LogP contribution in [0.2, 0.25) is 0 Å². The summed E-state index contributed by atoms with van der Waals surface area (Å²) in [7, 11) is -0.881. The number of rotatable bonds is 12. The van der Waals surface area contributed by atoms with E-state index in [-0.39, 0.29) is 24.2 Å². The van der Waals surface area contributed by atoms with Gasteiger partial charge in [0.25, 0.3) is 0 Å².